The number of pyridine rings is 1. The van der Waals surface area contributed by atoms with Crippen molar-refractivity contribution in [2.75, 3.05) is 5.73 Å². The molecule has 0 unspecified atom stereocenters. The lowest BCUT2D eigenvalue weighted by atomic mass is 10.1. The highest BCUT2D eigenvalue weighted by molar-refractivity contribution is 5.84. The van der Waals surface area contributed by atoms with Crippen molar-refractivity contribution in [2.45, 2.75) is 0 Å². The van der Waals surface area contributed by atoms with E-state index in [1.807, 2.05) is 0 Å². The van der Waals surface area contributed by atoms with Crippen LogP contribution >= 0.6 is 0 Å². The second kappa shape index (κ2) is 4.10. The lowest BCUT2D eigenvalue weighted by Gasteiger charge is -2.03. The van der Waals surface area contributed by atoms with Crippen molar-refractivity contribution in [1.82, 2.24) is 4.98 Å². The first-order valence-corrected chi connectivity index (χ1v) is 4.67. The number of hydrogen-bond acceptors (Lipinski definition) is 3. The average molecular weight is 216 g/mol. The molecule has 1 aromatic carbocycles. The fourth-order valence-corrected chi connectivity index (χ4v) is 1.41. The predicted octanol–water partition coefficient (Wildman–Crippen LogP) is 2.28. The number of nitrogens with zero attached hydrogens (tertiary/aromatic N) is 1. The molecule has 2 aromatic rings. The SMILES string of the molecule is Nc1ncc(-c2cccc(F)c2)cc1C=O. The van der Waals surface area contributed by atoms with E-state index in [-0.39, 0.29) is 11.6 Å². The minimum atomic E-state index is -0.332. The molecular formula is C12H9FN2O. The molecule has 4 heteroatoms. The van der Waals surface area contributed by atoms with Crippen molar-refractivity contribution in [3.63, 3.8) is 0 Å². The first kappa shape index (κ1) is 10.3. The third kappa shape index (κ3) is 1.91. The third-order valence-corrected chi connectivity index (χ3v) is 2.23. The molecule has 0 radical (unpaired) electrons. The Morgan fingerprint density at radius 3 is 2.75 bits per heavy atom. The Morgan fingerprint density at radius 2 is 2.06 bits per heavy atom. The molecule has 0 amide bonds. The molecule has 2 rings (SSSR count). The van der Waals surface area contributed by atoms with Gasteiger partial charge in [0, 0.05) is 11.8 Å². The molecule has 1 heterocycles. The highest BCUT2D eigenvalue weighted by Crippen LogP contribution is 2.21. The van der Waals surface area contributed by atoms with E-state index in [2.05, 4.69) is 4.98 Å². The van der Waals surface area contributed by atoms with Gasteiger partial charge in [0.05, 0.1) is 5.56 Å². The summed E-state index contributed by atoms with van der Waals surface area (Å²) in [5, 5.41) is 0. The first-order chi connectivity index (χ1) is 7.70. The number of nitrogens with two attached hydrogens (primary N) is 1. The Morgan fingerprint density at radius 1 is 1.25 bits per heavy atom. The number of rotatable bonds is 2. The van der Waals surface area contributed by atoms with E-state index in [0.29, 0.717) is 23.0 Å². The summed E-state index contributed by atoms with van der Waals surface area (Å²) in [6.45, 7) is 0. The minimum Gasteiger partial charge on any atom is -0.383 e. The van der Waals surface area contributed by atoms with Crippen molar-refractivity contribution >= 4 is 12.1 Å². The maximum absolute atomic E-state index is 13.0. The molecule has 0 aliphatic rings. The van der Waals surface area contributed by atoms with Gasteiger partial charge in [0.1, 0.15) is 11.6 Å². The zero-order chi connectivity index (χ0) is 11.5. The summed E-state index contributed by atoms with van der Waals surface area (Å²) in [5.41, 5.74) is 7.12. The second-order valence-electron chi connectivity index (χ2n) is 3.33. The topological polar surface area (TPSA) is 56.0 Å². The number of carbonyl (C=O) groups excluding carboxylic acids is 1. The standard InChI is InChI=1S/C12H9FN2O/c13-11-3-1-2-8(5-11)9-4-10(7-16)12(14)15-6-9/h1-7H,(H2,14,15). The fraction of sp³-hybridized carbons (Fsp3) is 0. The molecule has 2 N–H and O–H groups in total. The van der Waals surface area contributed by atoms with Gasteiger partial charge < -0.3 is 5.73 Å². The number of aldehydes is 1. The largest absolute Gasteiger partial charge is 0.383 e. The van der Waals surface area contributed by atoms with Crippen LogP contribution in [0.5, 0.6) is 0 Å². The molecule has 0 aliphatic carbocycles. The van der Waals surface area contributed by atoms with Gasteiger partial charge in [-0.3, -0.25) is 4.79 Å². The monoisotopic (exact) mass is 216 g/mol. The van der Waals surface area contributed by atoms with Crippen molar-refractivity contribution in [3.8, 4) is 11.1 Å². The van der Waals surface area contributed by atoms with E-state index >= 15 is 0 Å². The minimum absolute atomic E-state index is 0.176. The van der Waals surface area contributed by atoms with E-state index in [0.717, 1.165) is 0 Å². The number of hydrogen-bond donors (Lipinski definition) is 1. The normalized spacial score (nSPS) is 10.1. The van der Waals surface area contributed by atoms with E-state index < -0.39 is 0 Å². The van der Waals surface area contributed by atoms with Crippen molar-refractivity contribution < 1.29 is 9.18 Å². The van der Waals surface area contributed by atoms with Gasteiger partial charge in [-0.25, -0.2) is 9.37 Å². The number of anilines is 1. The lowest BCUT2D eigenvalue weighted by molar-refractivity contribution is 0.112. The Labute approximate surface area is 91.7 Å². The van der Waals surface area contributed by atoms with Gasteiger partial charge in [0.25, 0.3) is 0 Å². The Balaban J connectivity index is 2.52. The Hall–Kier alpha value is -2.23. The van der Waals surface area contributed by atoms with E-state index in [1.54, 1.807) is 18.2 Å². The van der Waals surface area contributed by atoms with Crippen molar-refractivity contribution in [2.24, 2.45) is 0 Å². The molecule has 1 aromatic heterocycles. The smallest absolute Gasteiger partial charge is 0.153 e. The predicted molar refractivity (Wildman–Crippen MR) is 59.4 cm³/mol. The number of halogens is 1. The summed E-state index contributed by atoms with van der Waals surface area (Å²) in [7, 11) is 0. The Kier molecular flexibility index (Phi) is 2.64. The van der Waals surface area contributed by atoms with E-state index in [9.17, 15) is 9.18 Å². The van der Waals surface area contributed by atoms with Gasteiger partial charge in [0.15, 0.2) is 6.29 Å². The average Bonchev–Trinajstić information content (AvgIpc) is 2.29. The van der Waals surface area contributed by atoms with Gasteiger partial charge in [0.2, 0.25) is 0 Å². The van der Waals surface area contributed by atoms with Gasteiger partial charge in [-0.05, 0) is 23.8 Å². The van der Waals surface area contributed by atoms with E-state index in [4.69, 9.17) is 5.73 Å². The molecule has 0 fully saturated rings. The van der Waals surface area contributed by atoms with Gasteiger partial charge >= 0.3 is 0 Å². The molecular weight excluding hydrogens is 207 g/mol. The second-order valence-corrected chi connectivity index (χ2v) is 3.33. The van der Waals surface area contributed by atoms with Crippen LogP contribution in [0.15, 0.2) is 36.5 Å². The number of aromatic nitrogens is 1. The van der Waals surface area contributed by atoms with Crippen LogP contribution in [0.25, 0.3) is 11.1 Å². The van der Waals surface area contributed by atoms with Crippen LogP contribution in [0.1, 0.15) is 10.4 Å². The molecule has 0 saturated carbocycles. The number of benzene rings is 1. The van der Waals surface area contributed by atoms with Crippen LogP contribution in [0.2, 0.25) is 0 Å². The maximum Gasteiger partial charge on any atom is 0.153 e. The van der Waals surface area contributed by atoms with Gasteiger partial charge in [-0.2, -0.15) is 0 Å². The summed E-state index contributed by atoms with van der Waals surface area (Å²) >= 11 is 0. The molecule has 0 spiro atoms. The van der Waals surface area contributed by atoms with Crippen molar-refractivity contribution in [1.29, 1.82) is 0 Å². The number of carbonyl (C=O) groups is 1. The molecule has 0 aliphatic heterocycles. The maximum atomic E-state index is 13.0. The van der Waals surface area contributed by atoms with Gasteiger partial charge in [-0.15, -0.1) is 0 Å². The molecule has 0 atom stereocenters. The van der Waals surface area contributed by atoms with Crippen LogP contribution in [-0.4, -0.2) is 11.3 Å². The van der Waals surface area contributed by atoms with Crippen LogP contribution in [0.3, 0.4) is 0 Å². The number of nitrogen functional groups attached to an aromatic ring is 1. The van der Waals surface area contributed by atoms with Crippen LogP contribution in [0.4, 0.5) is 10.2 Å². The highest BCUT2D eigenvalue weighted by atomic mass is 19.1. The zero-order valence-electron chi connectivity index (χ0n) is 8.35. The molecule has 80 valence electrons. The summed E-state index contributed by atoms with van der Waals surface area (Å²) in [5.74, 6) is -0.155. The van der Waals surface area contributed by atoms with Gasteiger partial charge in [-0.1, -0.05) is 12.1 Å². The fourth-order valence-electron chi connectivity index (χ4n) is 1.41. The van der Waals surface area contributed by atoms with E-state index in [1.165, 1.54) is 18.3 Å². The zero-order valence-corrected chi connectivity index (χ0v) is 8.35. The summed E-state index contributed by atoms with van der Waals surface area (Å²) in [4.78, 5) is 14.6. The molecule has 0 saturated heterocycles. The molecule has 16 heavy (non-hydrogen) atoms. The highest BCUT2D eigenvalue weighted by Gasteiger charge is 2.04. The van der Waals surface area contributed by atoms with Crippen LogP contribution < -0.4 is 5.73 Å². The summed E-state index contributed by atoms with van der Waals surface area (Å²) in [6, 6.07) is 7.66. The first-order valence-electron chi connectivity index (χ1n) is 4.67. The summed E-state index contributed by atoms with van der Waals surface area (Å²) < 4.78 is 13.0. The van der Waals surface area contributed by atoms with Crippen LogP contribution in [0, 0.1) is 5.82 Å². The molecule has 3 nitrogen and oxygen atoms in total. The quantitative estimate of drug-likeness (QED) is 0.783. The summed E-state index contributed by atoms with van der Waals surface area (Å²) in [6.07, 6.45) is 2.14. The molecule has 0 bridgehead atoms. The van der Waals surface area contributed by atoms with Crippen molar-refractivity contribution in [3.05, 3.63) is 47.9 Å². The Bertz CT molecular complexity index is 540. The lowest BCUT2D eigenvalue weighted by Crippen LogP contribution is -1.96. The van der Waals surface area contributed by atoms with Crippen LogP contribution in [-0.2, 0) is 0 Å². The third-order valence-electron chi connectivity index (χ3n) is 2.23.